The van der Waals surface area contributed by atoms with Crippen LogP contribution in [0.4, 0.5) is 5.69 Å². The summed E-state index contributed by atoms with van der Waals surface area (Å²) in [4.78, 5) is 53.4. The summed E-state index contributed by atoms with van der Waals surface area (Å²) in [5, 5.41) is 34.5. The third kappa shape index (κ3) is 4.72. The number of non-ortho nitro benzene ring substituents is 1. The maximum Gasteiger partial charge on any atom is 0.325 e. The van der Waals surface area contributed by atoms with Gasteiger partial charge < -0.3 is 5.11 Å². The van der Waals surface area contributed by atoms with Crippen molar-refractivity contribution in [3.8, 4) is 6.07 Å². The third-order valence-corrected chi connectivity index (χ3v) is 8.49. The Hall–Kier alpha value is -4.53. The number of imide groups is 1. The van der Waals surface area contributed by atoms with E-state index in [1.54, 1.807) is 24.3 Å². The summed E-state index contributed by atoms with van der Waals surface area (Å²) < 4.78 is 0. The lowest BCUT2D eigenvalue weighted by molar-refractivity contribution is -0.384. The molecule has 202 valence electrons. The number of hydrogen-bond donors (Lipinski definition) is 2. The SMILES string of the molecule is N#Cc1ccccc1C1NC(Cc2ccc([N+](=O)[O-])cc2)(C(=O)O)C2C(=O)N(CCSc3ccccc3)C(=O)C12. The van der Waals surface area contributed by atoms with Crippen LogP contribution in [0.2, 0.25) is 0 Å². The van der Waals surface area contributed by atoms with E-state index in [4.69, 9.17) is 0 Å². The van der Waals surface area contributed by atoms with Gasteiger partial charge in [-0.15, -0.1) is 11.8 Å². The summed E-state index contributed by atoms with van der Waals surface area (Å²) in [5.74, 6) is -4.25. The van der Waals surface area contributed by atoms with E-state index in [1.165, 1.54) is 36.0 Å². The molecule has 2 amide bonds. The minimum atomic E-state index is -1.89. The summed E-state index contributed by atoms with van der Waals surface area (Å²) in [7, 11) is 0. The van der Waals surface area contributed by atoms with E-state index < -0.39 is 46.1 Å². The van der Waals surface area contributed by atoms with Gasteiger partial charge in [0.05, 0.1) is 28.4 Å². The number of likely N-dealkylation sites (tertiary alicyclic amines) is 1. The van der Waals surface area contributed by atoms with Crippen LogP contribution in [0, 0.1) is 33.3 Å². The van der Waals surface area contributed by atoms with E-state index in [0.717, 1.165) is 9.80 Å². The molecule has 3 aromatic rings. The van der Waals surface area contributed by atoms with Crippen molar-refractivity contribution in [3.63, 3.8) is 0 Å². The second kappa shape index (κ2) is 10.9. The molecule has 40 heavy (non-hydrogen) atoms. The Morgan fingerprint density at radius 2 is 1.73 bits per heavy atom. The Bertz CT molecular complexity index is 1520. The number of nitrogens with zero attached hydrogens (tertiary/aromatic N) is 3. The first-order valence-electron chi connectivity index (χ1n) is 12.5. The highest BCUT2D eigenvalue weighted by atomic mass is 32.2. The number of aliphatic carboxylic acids is 1. The summed E-state index contributed by atoms with van der Waals surface area (Å²) in [6.45, 7) is 0.101. The van der Waals surface area contributed by atoms with Gasteiger partial charge in [-0.2, -0.15) is 5.26 Å². The maximum atomic E-state index is 13.9. The predicted molar refractivity (Wildman–Crippen MR) is 145 cm³/mol. The number of rotatable bonds is 9. The molecular weight excluding hydrogens is 532 g/mol. The fourth-order valence-electron chi connectivity index (χ4n) is 5.68. The highest BCUT2D eigenvalue weighted by Crippen LogP contribution is 2.50. The maximum absolute atomic E-state index is 13.9. The lowest BCUT2D eigenvalue weighted by atomic mass is 9.76. The Kier molecular flexibility index (Phi) is 7.38. The molecular formula is C29H24N4O6S. The van der Waals surface area contributed by atoms with E-state index in [2.05, 4.69) is 11.4 Å². The van der Waals surface area contributed by atoms with E-state index in [1.807, 2.05) is 30.3 Å². The minimum Gasteiger partial charge on any atom is -0.480 e. The molecule has 2 aliphatic heterocycles. The first-order chi connectivity index (χ1) is 19.3. The molecule has 2 heterocycles. The molecule has 0 bridgehead atoms. The number of fused-ring (bicyclic) bond motifs is 1. The molecule has 2 saturated heterocycles. The molecule has 0 aromatic heterocycles. The van der Waals surface area contributed by atoms with Crippen LogP contribution in [-0.2, 0) is 20.8 Å². The number of nitrogens with one attached hydrogen (secondary N) is 1. The largest absolute Gasteiger partial charge is 0.480 e. The second-order valence-corrected chi connectivity index (χ2v) is 10.9. The van der Waals surface area contributed by atoms with Gasteiger partial charge >= 0.3 is 5.97 Å². The van der Waals surface area contributed by atoms with Gasteiger partial charge in [-0.1, -0.05) is 48.5 Å². The van der Waals surface area contributed by atoms with Crippen LogP contribution in [0.1, 0.15) is 22.7 Å². The lowest BCUT2D eigenvalue weighted by Gasteiger charge is -2.31. The van der Waals surface area contributed by atoms with E-state index in [0.29, 0.717) is 16.9 Å². The number of nitriles is 1. The number of carbonyl (C=O) groups is 3. The number of carboxylic acids is 1. The van der Waals surface area contributed by atoms with Gasteiger partial charge in [0.1, 0.15) is 5.54 Å². The first-order valence-corrected chi connectivity index (χ1v) is 13.5. The van der Waals surface area contributed by atoms with E-state index >= 15 is 0 Å². The van der Waals surface area contributed by atoms with Crippen LogP contribution in [0.3, 0.4) is 0 Å². The van der Waals surface area contributed by atoms with Crippen molar-refractivity contribution in [3.05, 3.63) is 106 Å². The highest BCUT2D eigenvalue weighted by molar-refractivity contribution is 7.99. The predicted octanol–water partition coefficient (Wildman–Crippen LogP) is 3.57. The summed E-state index contributed by atoms with van der Waals surface area (Å²) in [6.07, 6.45) is -0.196. The molecule has 0 saturated carbocycles. The van der Waals surface area contributed by atoms with Gasteiger partial charge in [-0.05, 0) is 29.3 Å². The smallest absolute Gasteiger partial charge is 0.325 e. The van der Waals surface area contributed by atoms with Crippen molar-refractivity contribution in [2.24, 2.45) is 11.8 Å². The Balaban J connectivity index is 1.53. The monoisotopic (exact) mass is 556 g/mol. The number of carbonyl (C=O) groups excluding carboxylic acids is 2. The van der Waals surface area contributed by atoms with Crippen molar-refractivity contribution >= 4 is 35.2 Å². The van der Waals surface area contributed by atoms with Crippen LogP contribution in [-0.4, -0.2) is 50.5 Å². The van der Waals surface area contributed by atoms with Gasteiger partial charge in [-0.3, -0.25) is 34.7 Å². The fourth-order valence-corrected chi connectivity index (χ4v) is 6.54. The van der Waals surface area contributed by atoms with Crippen molar-refractivity contribution < 1.29 is 24.4 Å². The molecule has 4 unspecified atom stereocenters. The molecule has 2 fully saturated rings. The molecule has 4 atom stereocenters. The quantitative estimate of drug-likeness (QED) is 0.174. The molecule has 11 heteroatoms. The Morgan fingerprint density at radius 1 is 1.05 bits per heavy atom. The number of nitro benzene ring substituents is 1. The van der Waals surface area contributed by atoms with Crippen LogP contribution in [0.25, 0.3) is 0 Å². The molecule has 5 rings (SSSR count). The lowest BCUT2D eigenvalue weighted by Crippen LogP contribution is -2.57. The third-order valence-electron chi connectivity index (χ3n) is 7.50. The van der Waals surface area contributed by atoms with E-state index in [-0.39, 0.29) is 24.2 Å². The zero-order valence-corrected chi connectivity index (χ0v) is 21.9. The minimum absolute atomic E-state index is 0.101. The zero-order valence-electron chi connectivity index (χ0n) is 21.1. The first kappa shape index (κ1) is 27.1. The second-order valence-electron chi connectivity index (χ2n) is 9.69. The number of thioether (sulfide) groups is 1. The summed E-state index contributed by atoms with van der Waals surface area (Å²) >= 11 is 1.48. The van der Waals surface area contributed by atoms with Crippen molar-refractivity contribution in [2.75, 3.05) is 12.3 Å². The molecule has 2 N–H and O–H groups in total. The Labute approximate surface area is 233 Å². The standard InChI is InChI=1S/C29H24N4O6S/c30-17-19-6-4-5-9-22(19)25-23-24(27(35)32(26(23)34)14-15-40-21-7-2-1-3-8-21)29(31-25,28(36)37)16-18-10-12-20(13-11-18)33(38)39/h1-13,23-25,31H,14-16H2,(H,36,37). The number of amides is 2. The molecule has 0 aliphatic carbocycles. The van der Waals surface area contributed by atoms with Crippen LogP contribution in [0.5, 0.6) is 0 Å². The van der Waals surface area contributed by atoms with Crippen molar-refractivity contribution in [1.29, 1.82) is 5.26 Å². The molecule has 2 aliphatic rings. The fraction of sp³-hybridized carbons (Fsp3) is 0.241. The number of nitro groups is 1. The number of hydrogen-bond acceptors (Lipinski definition) is 8. The molecule has 3 aromatic carbocycles. The van der Waals surface area contributed by atoms with Gasteiger partial charge in [0.2, 0.25) is 11.8 Å². The number of carboxylic acid groups (broad SMARTS) is 1. The average Bonchev–Trinajstić information content (AvgIpc) is 3.43. The van der Waals surface area contributed by atoms with Gasteiger partial charge in [0.15, 0.2) is 0 Å². The van der Waals surface area contributed by atoms with Crippen LogP contribution < -0.4 is 5.32 Å². The van der Waals surface area contributed by atoms with Crippen molar-refractivity contribution in [2.45, 2.75) is 22.9 Å². The Morgan fingerprint density at radius 3 is 2.38 bits per heavy atom. The summed E-state index contributed by atoms with van der Waals surface area (Å²) in [5.41, 5.74) is -0.878. The summed E-state index contributed by atoms with van der Waals surface area (Å²) in [6, 6.07) is 22.8. The van der Waals surface area contributed by atoms with Gasteiger partial charge in [-0.25, -0.2) is 0 Å². The molecule has 0 spiro atoms. The van der Waals surface area contributed by atoms with Crippen LogP contribution in [0.15, 0.2) is 83.8 Å². The highest BCUT2D eigenvalue weighted by Gasteiger charge is 2.68. The topological polar surface area (TPSA) is 154 Å². The normalized spacial score (nSPS) is 23.6. The van der Waals surface area contributed by atoms with Gasteiger partial charge in [0.25, 0.3) is 5.69 Å². The molecule has 10 nitrogen and oxygen atoms in total. The number of benzene rings is 3. The molecule has 0 radical (unpaired) electrons. The zero-order chi connectivity index (χ0) is 28.4. The van der Waals surface area contributed by atoms with E-state index in [9.17, 15) is 34.9 Å². The average molecular weight is 557 g/mol. The van der Waals surface area contributed by atoms with Crippen molar-refractivity contribution in [1.82, 2.24) is 10.2 Å². The van der Waals surface area contributed by atoms with Gasteiger partial charge in [0, 0.05) is 41.8 Å². The van der Waals surface area contributed by atoms with Crippen LogP contribution >= 0.6 is 11.8 Å².